The number of H-pyrrole nitrogens is 1. The highest BCUT2D eigenvalue weighted by Gasteiger charge is 2.19. The SMILES string of the molecule is Fc1cc(F)c2[nH]c(=S)n(CC3CCOC3)c2c1. The minimum atomic E-state index is -0.613. The number of imidazole rings is 1. The molecule has 3 nitrogen and oxygen atoms in total. The van der Waals surface area contributed by atoms with Crippen molar-refractivity contribution in [3.8, 4) is 0 Å². The first kappa shape index (κ1) is 11.8. The number of benzene rings is 1. The molecule has 96 valence electrons. The number of halogens is 2. The van der Waals surface area contributed by atoms with Gasteiger partial charge in [-0.2, -0.15) is 0 Å². The molecular weight excluding hydrogens is 258 g/mol. The molecule has 1 saturated heterocycles. The molecule has 6 heteroatoms. The molecule has 1 aliphatic heterocycles. The van der Waals surface area contributed by atoms with E-state index in [1.165, 1.54) is 6.07 Å². The highest BCUT2D eigenvalue weighted by Crippen LogP contribution is 2.22. The standard InChI is InChI=1S/C12H12F2N2OS/c13-8-3-9(14)11-10(4-8)16(12(18)15-11)5-7-1-2-17-6-7/h3-4,7H,1-2,5-6H2,(H,15,18). The maximum atomic E-state index is 13.6. The molecule has 3 rings (SSSR count). The largest absolute Gasteiger partial charge is 0.381 e. The zero-order valence-corrected chi connectivity index (χ0v) is 10.4. The maximum absolute atomic E-state index is 13.6. The highest BCUT2D eigenvalue weighted by atomic mass is 32.1. The van der Waals surface area contributed by atoms with Gasteiger partial charge in [-0.1, -0.05) is 0 Å². The van der Waals surface area contributed by atoms with Crippen LogP contribution in [0.2, 0.25) is 0 Å². The topological polar surface area (TPSA) is 29.9 Å². The van der Waals surface area contributed by atoms with E-state index < -0.39 is 11.6 Å². The fraction of sp³-hybridized carbons (Fsp3) is 0.417. The second kappa shape index (κ2) is 4.44. The van der Waals surface area contributed by atoms with Gasteiger partial charge in [0.15, 0.2) is 10.6 Å². The zero-order valence-electron chi connectivity index (χ0n) is 9.58. The Bertz CT molecular complexity index is 643. The molecule has 1 aromatic carbocycles. The summed E-state index contributed by atoms with van der Waals surface area (Å²) in [4.78, 5) is 2.79. The molecule has 18 heavy (non-hydrogen) atoms. The third-order valence-corrected chi connectivity index (χ3v) is 3.59. The van der Waals surface area contributed by atoms with Crippen molar-refractivity contribution in [2.45, 2.75) is 13.0 Å². The summed E-state index contributed by atoms with van der Waals surface area (Å²) >= 11 is 5.17. The van der Waals surface area contributed by atoms with Crippen molar-refractivity contribution in [3.63, 3.8) is 0 Å². The monoisotopic (exact) mass is 270 g/mol. The minimum Gasteiger partial charge on any atom is -0.381 e. The summed E-state index contributed by atoms with van der Waals surface area (Å²) in [7, 11) is 0. The number of aromatic nitrogens is 2. The fourth-order valence-electron chi connectivity index (χ4n) is 2.35. The van der Waals surface area contributed by atoms with E-state index in [0.29, 0.717) is 29.4 Å². The van der Waals surface area contributed by atoms with Gasteiger partial charge in [0, 0.05) is 25.1 Å². The van der Waals surface area contributed by atoms with Crippen LogP contribution in [0.15, 0.2) is 12.1 Å². The van der Waals surface area contributed by atoms with Crippen LogP contribution >= 0.6 is 12.2 Å². The molecule has 0 aliphatic carbocycles. The van der Waals surface area contributed by atoms with Gasteiger partial charge in [0.05, 0.1) is 12.1 Å². The van der Waals surface area contributed by atoms with Gasteiger partial charge in [-0.25, -0.2) is 8.78 Å². The smallest absolute Gasteiger partial charge is 0.178 e. The number of aromatic amines is 1. The third-order valence-electron chi connectivity index (χ3n) is 3.27. The molecule has 1 fully saturated rings. The summed E-state index contributed by atoms with van der Waals surface area (Å²) in [6.07, 6.45) is 0.951. The van der Waals surface area contributed by atoms with Crippen molar-refractivity contribution < 1.29 is 13.5 Å². The molecule has 0 spiro atoms. The van der Waals surface area contributed by atoms with E-state index in [0.717, 1.165) is 19.1 Å². The van der Waals surface area contributed by atoms with Gasteiger partial charge in [0.1, 0.15) is 11.3 Å². The molecule has 1 unspecified atom stereocenters. The molecule has 1 atom stereocenters. The summed E-state index contributed by atoms with van der Waals surface area (Å²) in [5.41, 5.74) is 0.740. The number of fused-ring (bicyclic) bond motifs is 1. The van der Waals surface area contributed by atoms with Gasteiger partial charge in [0.25, 0.3) is 0 Å². The summed E-state index contributed by atoms with van der Waals surface area (Å²) in [6.45, 7) is 2.04. The van der Waals surface area contributed by atoms with Crippen LogP contribution in [-0.2, 0) is 11.3 Å². The predicted octanol–water partition coefficient (Wildman–Crippen LogP) is 3.01. The van der Waals surface area contributed by atoms with Gasteiger partial charge in [-0.05, 0) is 24.7 Å². The molecule has 0 saturated carbocycles. The van der Waals surface area contributed by atoms with E-state index in [-0.39, 0.29) is 5.52 Å². The molecule has 0 bridgehead atoms. The molecule has 1 aromatic heterocycles. The summed E-state index contributed by atoms with van der Waals surface area (Å²) in [5, 5.41) is 0. The molecule has 1 N–H and O–H groups in total. The van der Waals surface area contributed by atoms with Gasteiger partial charge in [0.2, 0.25) is 0 Å². The van der Waals surface area contributed by atoms with Crippen LogP contribution in [0.25, 0.3) is 11.0 Å². The number of rotatable bonds is 2. The van der Waals surface area contributed by atoms with Gasteiger partial charge in [-0.15, -0.1) is 0 Å². The Morgan fingerprint density at radius 3 is 3.00 bits per heavy atom. The maximum Gasteiger partial charge on any atom is 0.178 e. The van der Waals surface area contributed by atoms with Crippen molar-refractivity contribution in [1.29, 1.82) is 0 Å². The lowest BCUT2D eigenvalue weighted by atomic mass is 10.1. The van der Waals surface area contributed by atoms with Gasteiger partial charge >= 0.3 is 0 Å². The number of nitrogens with zero attached hydrogens (tertiary/aromatic N) is 1. The van der Waals surface area contributed by atoms with Gasteiger partial charge in [-0.3, -0.25) is 0 Å². The molecular formula is C12H12F2N2OS. The molecule has 2 aromatic rings. The fourth-order valence-corrected chi connectivity index (χ4v) is 2.62. The van der Waals surface area contributed by atoms with Crippen molar-refractivity contribution in [3.05, 3.63) is 28.5 Å². The van der Waals surface area contributed by atoms with E-state index in [1.54, 1.807) is 4.57 Å². The molecule has 0 amide bonds. The van der Waals surface area contributed by atoms with Crippen molar-refractivity contribution in [2.24, 2.45) is 5.92 Å². The first-order chi connectivity index (χ1) is 8.65. The van der Waals surface area contributed by atoms with E-state index >= 15 is 0 Å². The lowest BCUT2D eigenvalue weighted by Gasteiger charge is -2.09. The minimum absolute atomic E-state index is 0.264. The van der Waals surface area contributed by atoms with E-state index in [9.17, 15) is 8.78 Å². The summed E-state index contributed by atoms with van der Waals surface area (Å²) in [5.74, 6) is -0.857. The summed E-state index contributed by atoms with van der Waals surface area (Å²) < 4.78 is 34.3. The third kappa shape index (κ3) is 1.95. The Balaban J connectivity index is 2.09. The van der Waals surface area contributed by atoms with E-state index in [2.05, 4.69) is 4.98 Å². The zero-order chi connectivity index (χ0) is 12.7. The molecule has 2 heterocycles. The van der Waals surface area contributed by atoms with Crippen molar-refractivity contribution in [2.75, 3.05) is 13.2 Å². The number of hydrogen-bond acceptors (Lipinski definition) is 2. The Hall–Kier alpha value is -1.27. The molecule has 0 radical (unpaired) electrons. The van der Waals surface area contributed by atoms with Gasteiger partial charge < -0.3 is 14.3 Å². The van der Waals surface area contributed by atoms with Crippen LogP contribution in [0.1, 0.15) is 6.42 Å². The highest BCUT2D eigenvalue weighted by molar-refractivity contribution is 7.71. The molecule has 1 aliphatic rings. The Labute approximate surface area is 107 Å². The Morgan fingerprint density at radius 1 is 1.44 bits per heavy atom. The van der Waals surface area contributed by atoms with Crippen LogP contribution < -0.4 is 0 Å². The first-order valence-corrected chi connectivity index (χ1v) is 6.21. The van der Waals surface area contributed by atoms with E-state index in [1.807, 2.05) is 0 Å². The average molecular weight is 270 g/mol. The predicted molar refractivity (Wildman–Crippen MR) is 66.0 cm³/mol. The average Bonchev–Trinajstić information content (AvgIpc) is 2.91. The van der Waals surface area contributed by atoms with E-state index in [4.69, 9.17) is 17.0 Å². The number of nitrogens with one attached hydrogen (secondary N) is 1. The van der Waals surface area contributed by atoms with Crippen molar-refractivity contribution >= 4 is 23.3 Å². The van der Waals surface area contributed by atoms with Crippen LogP contribution in [-0.4, -0.2) is 22.8 Å². The van der Waals surface area contributed by atoms with Crippen LogP contribution in [0.3, 0.4) is 0 Å². The lowest BCUT2D eigenvalue weighted by Crippen LogP contribution is -2.10. The summed E-state index contributed by atoms with van der Waals surface area (Å²) in [6, 6.07) is 2.16. The first-order valence-electron chi connectivity index (χ1n) is 5.80. The second-order valence-electron chi connectivity index (χ2n) is 4.55. The van der Waals surface area contributed by atoms with Crippen LogP contribution in [0.5, 0.6) is 0 Å². The van der Waals surface area contributed by atoms with Crippen molar-refractivity contribution in [1.82, 2.24) is 9.55 Å². The Kier molecular flexibility index (Phi) is 2.91. The lowest BCUT2D eigenvalue weighted by molar-refractivity contribution is 0.182. The quantitative estimate of drug-likeness (QED) is 0.850. The second-order valence-corrected chi connectivity index (χ2v) is 4.94. The number of ether oxygens (including phenoxy) is 1. The Morgan fingerprint density at radius 2 is 2.28 bits per heavy atom. The normalized spacial score (nSPS) is 19.8. The van der Waals surface area contributed by atoms with Crippen LogP contribution in [0, 0.1) is 22.3 Å². The van der Waals surface area contributed by atoms with Crippen LogP contribution in [0.4, 0.5) is 8.78 Å². The number of hydrogen-bond donors (Lipinski definition) is 1.